The third-order valence-corrected chi connectivity index (χ3v) is 5.69. The van der Waals surface area contributed by atoms with Gasteiger partial charge in [0.15, 0.2) is 0 Å². The van der Waals surface area contributed by atoms with E-state index in [1.807, 2.05) is 24.3 Å². The van der Waals surface area contributed by atoms with Crippen LogP contribution >= 0.6 is 0 Å². The van der Waals surface area contributed by atoms with Gasteiger partial charge in [-0.1, -0.05) is 48.5 Å². The van der Waals surface area contributed by atoms with Crippen LogP contribution in [0.2, 0.25) is 0 Å². The Balaban J connectivity index is 1.15. The van der Waals surface area contributed by atoms with E-state index in [0.29, 0.717) is 13.2 Å². The summed E-state index contributed by atoms with van der Waals surface area (Å²) in [5.41, 5.74) is 2.50. The molecular weight excluding hydrogens is 350 g/mol. The number of hydrogen-bond acceptors (Lipinski definition) is 4. The highest BCUT2D eigenvalue weighted by Crippen LogP contribution is 2.26. The number of nitrogens with one attached hydrogen (secondary N) is 1. The Morgan fingerprint density at radius 3 is 2.50 bits per heavy atom. The highest BCUT2D eigenvalue weighted by molar-refractivity contribution is 5.79. The Bertz CT molecular complexity index is 772. The van der Waals surface area contributed by atoms with Crippen LogP contribution in [0.25, 0.3) is 0 Å². The molecule has 2 aliphatic heterocycles. The third-order valence-electron chi connectivity index (χ3n) is 5.69. The van der Waals surface area contributed by atoms with Crippen LogP contribution in [0.4, 0.5) is 0 Å². The average Bonchev–Trinajstić information content (AvgIpc) is 2.75. The van der Waals surface area contributed by atoms with Gasteiger partial charge >= 0.3 is 0 Å². The van der Waals surface area contributed by atoms with E-state index in [4.69, 9.17) is 4.74 Å². The van der Waals surface area contributed by atoms with Gasteiger partial charge in [-0.15, -0.1) is 0 Å². The maximum atomic E-state index is 12.5. The van der Waals surface area contributed by atoms with Crippen LogP contribution in [0.15, 0.2) is 54.6 Å². The molecule has 5 nitrogen and oxygen atoms in total. The summed E-state index contributed by atoms with van der Waals surface area (Å²) in [6.07, 6.45) is 0.764. The maximum absolute atomic E-state index is 12.5. The highest BCUT2D eigenvalue weighted by atomic mass is 16.5. The van der Waals surface area contributed by atoms with Crippen molar-refractivity contribution in [1.29, 1.82) is 0 Å². The zero-order chi connectivity index (χ0) is 19.2. The molecule has 0 aromatic heterocycles. The Kier molecular flexibility index (Phi) is 6.24. The second-order valence-corrected chi connectivity index (χ2v) is 7.71. The number of carbonyl (C=O) groups excluding carboxylic acids is 1. The first-order chi connectivity index (χ1) is 13.8. The SMILES string of the molecule is O=C(NCCN1CCN(Cc2ccccc2)CC1)[C@@H]1COc2ccccc2C1. The minimum atomic E-state index is -0.0855. The summed E-state index contributed by atoms with van der Waals surface area (Å²) in [6, 6.07) is 18.6. The van der Waals surface area contributed by atoms with Gasteiger partial charge in [0, 0.05) is 45.8 Å². The van der Waals surface area contributed by atoms with Crippen molar-refractivity contribution in [3.8, 4) is 5.75 Å². The predicted octanol–water partition coefficient (Wildman–Crippen LogP) is 2.17. The largest absolute Gasteiger partial charge is 0.492 e. The molecule has 0 radical (unpaired) electrons. The van der Waals surface area contributed by atoms with Crippen molar-refractivity contribution in [2.75, 3.05) is 45.9 Å². The van der Waals surface area contributed by atoms with Gasteiger partial charge in [-0.3, -0.25) is 14.6 Å². The number of piperazine rings is 1. The van der Waals surface area contributed by atoms with Crippen LogP contribution in [0, 0.1) is 5.92 Å². The number of nitrogens with zero attached hydrogens (tertiary/aromatic N) is 2. The topological polar surface area (TPSA) is 44.8 Å². The molecule has 0 saturated carbocycles. The summed E-state index contributed by atoms with van der Waals surface area (Å²) in [7, 11) is 0. The molecule has 2 heterocycles. The molecule has 148 valence electrons. The van der Waals surface area contributed by atoms with Gasteiger partial charge in [0.1, 0.15) is 12.4 Å². The summed E-state index contributed by atoms with van der Waals surface area (Å²) in [6.45, 7) is 7.39. The van der Waals surface area contributed by atoms with E-state index >= 15 is 0 Å². The lowest BCUT2D eigenvalue weighted by Crippen LogP contribution is -2.48. The van der Waals surface area contributed by atoms with Gasteiger partial charge in [-0.05, 0) is 23.6 Å². The summed E-state index contributed by atoms with van der Waals surface area (Å²) in [4.78, 5) is 17.4. The molecule has 0 unspecified atom stereocenters. The normalized spacial score (nSPS) is 20.2. The second kappa shape index (κ2) is 9.22. The van der Waals surface area contributed by atoms with E-state index in [1.165, 1.54) is 5.56 Å². The molecule has 2 aromatic carbocycles. The number of fused-ring (bicyclic) bond motifs is 1. The van der Waals surface area contributed by atoms with E-state index in [1.54, 1.807) is 0 Å². The maximum Gasteiger partial charge on any atom is 0.226 e. The average molecular weight is 380 g/mol. The number of benzene rings is 2. The van der Waals surface area contributed by atoms with Gasteiger partial charge in [-0.25, -0.2) is 0 Å². The smallest absolute Gasteiger partial charge is 0.226 e. The highest BCUT2D eigenvalue weighted by Gasteiger charge is 2.25. The van der Waals surface area contributed by atoms with E-state index in [0.717, 1.165) is 57.0 Å². The van der Waals surface area contributed by atoms with Crippen molar-refractivity contribution in [3.05, 3.63) is 65.7 Å². The molecule has 5 heteroatoms. The molecule has 1 atom stereocenters. The fraction of sp³-hybridized carbons (Fsp3) is 0.435. The van der Waals surface area contributed by atoms with Crippen LogP contribution < -0.4 is 10.1 Å². The molecule has 1 N–H and O–H groups in total. The molecule has 1 fully saturated rings. The third kappa shape index (κ3) is 4.91. The van der Waals surface area contributed by atoms with E-state index in [9.17, 15) is 4.79 Å². The molecule has 0 bridgehead atoms. The number of carbonyl (C=O) groups is 1. The van der Waals surface area contributed by atoms with Crippen molar-refractivity contribution >= 4 is 5.91 Å². The number of rotatable bonds is 6. The number of ether oxygens (including phenoxy) is 1. The van der Waals surface area contributed by atoms with Crippen molar-refractivity contribution in [1.82, 2.24) is 15.1 Å². The summed E-state index contributed by atoms with van der Waals surface area (Å²) >= 11 is 0. The number of amides is 1. The molecular formula is C23H29N3O2. The Morgan fingerprint density at radius 1 is 0.964 bits per heavy atom. The molecule has 1 saturated heterocycles. The first kappa shape index (κ1) is 19.0. The lowest BCUT2D eigenvalue weighted by atomic mass is 9.96. The van der Waals surface area contributed by atoms with Crippen molar-refractivity contribution < 1.29 is 9.53 Å². The zero-order valence-corrected chi connectivity index (χ0v) is 16.3. The standard InChI is InChI=1S/C23H29N3O2/c27-23(21-16-20-8-4-5-9-22(20)28-18-21)24-10-11-25-12-14-26(15-13-25)17-19-6-2-1-3-7-19/h1-9,21H,10-18H2,(H,24,27)/t21-/m0/s1. The predicted molar refractivity (Wildman–Crippen MR) is 110 cm³/mol. The number of para-hydroxylation sites is 1. The second-order valence-electron chi connectivity index (χ2n) is 7.71. The van der Waals surface area contributed by atoms with Gasteiger partial charge in [-0.2, -0.15) is 0 Å². The number of hydrogen-bond donors (Lipinski definition) is 1. The monoisotopic (exact) mass is 379 g/mol. The van der Waals surface area contributed by atoms with Crippen LogP contribution in [0.3, 0.4) is 0 Å². The van der Waals surface area contributed by atoms with E-state index < -0.39 is 0 Å². The van der Waals surface area contributed by atoms with Crippen molar-refractivity contribution in [2.24, 2.45) is 5.92 Å². The van der Waals surface area contributed by atoms with E-state index in [-0.39, 0.29) is 11.8 Å². The summed E-state index contributed by atoms with van der Waals surface area (Å²) < 4.78 is 5.74. The van der Waals surface area contributed by atoms with Crippen LogP contribution in [0.5, 0.6) is 5.75 Å². The molecule has 4 rings (SSSR count). The fourth-order valence-corrected chi connectivity index (χ4v) is 3.99. The van der Waals surface area contributed by atoms with Crippen molar-refractivity contribution in [2.45, 2.75) is 13.0 Å². The Hall–Kier alpha value is -2.37. The first-order valence-electron chi connectivity index (χ1n) is 10.2. The van der Waals surface area contributed by atoms with Gasteiger partial charge in [0.2, 0.25) is 5.91 Å². The van der Waals surface area contributed by atoms with Crippen LogP contribution in [0.1, 0.15) is 11.1 Å². The molecule has 2 aliphatic rings. The zero-order valence-electron chi connectivity index (χ0n) is 16.3. The molecule has 0 aliphatic carbocycles. The first-order valence-corrected chi connectivity index (χ1v) is 10.2. The van der Waals surface area contributed by atoms with Gasteiger partial charge in [0.25, 0.3) is 0 Å². The minimum absolute atomic E-state index is 0.0855. The van der Waals surface area contributed by atoms with Crippen LogP contribution in [-0.2, 0) is 17.8 Å². The lowest BCUT2D eigenvalue weighted by Gasteiger charge is -2.34. The van der Waals surface area contributed by atoms with Gasteiger partial charge in [0.05, 0.1) is 5.92 Å². The summed E-state index contributed by atoms with van der Waals surface area (Å²) in [5, 5.41) is 3.11. The molecule has 28 heavy (non-hydrogen) atoms. The Labute approximate surface area is 167 Å². The van der Waals surface area contributed by atoms with Crippen molar-refractivity contribution in [3.63, 3.8) is 0 Å². The molecule has 1 amide bonds. The van der Waals surface area contributed by atoms with Crippen LogP contribution in [-0.4, -0.2) is 61.6 Å². The fourth-order valence-electron chi connectivity index (χ4n) is 3.99. The Morgan fingerprint density at radius 2 is 1.68 bits per heavy atom. The summed E-state index contributed by atoms with van der Waals surface area (Å²) in [5.74, 6) is 0.940. The lowest BCUT2D eigenvalue weighted by molar-refractivity contribution is -0.126. The minimum Gasteiger partial charge on any atom is -0.492 e. The molecule has 0 spiro atoms. The van der Waals surface area contributed by atoms with Gasteiger partial charge < -0.3 is 10.1 Å². The van der Waals surface area contributed by atoms with E-state index in [2.05, 4.69) is 45.4 Å². The molecule has 2 aromatic rings. The quantitative estimate of drug-likeness (QED) is 0.836.